The lowest BCUT2D eigenvalue weighted by Gasteiger charge is -2.13. The number of carboxylic acid groups (broad SMARTS) is 1. The van der Waals surface area contributed by atoms with E-state index in [9.17, 15) is 13.6 Å². The van der Waals surface area contributed by atoms with Gasteiger partial charge in [-0.2, -0.15) is 0 Å². The Balaban J connectivity index is 1.52. The molecule has 0 saturated carbocycles. The van der Waals surface area contributed by atoms with Crippen molar-refractivity contribution in [1.82, 2.24) is 9.97 Å². The van der Waals surface area contributed by atoms with Crippen LogP contribution in [0.2, 0.25) is 0 Å². The number of rotatable bonds is 11. The van der Waals surface area contributed by atoms with E-state index in [0.717, 1.165) is 6.07 Å². The van der Waals surface area contributed by atoms with E-state index in [-0.39, 0.29) is 16.7 Å². The third kappa shape index (κ3) is 5.55. The second-order valence-corrected chi connectivity index (χ2v) is 7.96. The molecule has 0 aliphatic carbocycles. The number of aryl methyl sites for hydroxylation is 1. The third-order valence-corrected chi connectivity index (χ3v) is 5.58. The summed E-state index contributed by atoms with van der Waals surface area (Å²) in [6.45, 7) is 3.73. The highest BCUT2D eigenvalue weighted by Gasteiger charge is 2.22. The Hall–Kier alpha value is -4.41. The van der Waals surface area contributed by atoms with E-state index < -0.39 is 24.2 Å². The first-order chi connectivity index (χ1) is 17.8. The number of carboxylic acids is 1. The maximum Gasteiger partial charge on any atom is 0.341 e. The van der Waals surface area contributed by atoms with Crippen molar-refractivity contribution in [3.05, 3.63) is 59.6 Å². The first-order valence-corrected chi connectivity index (χ1v) is 11.4. The molecule has 9 nitrogen and oxygen atoms in total. The molecule has 0 fully saturated rings. The van der Waals surface area contributed by atoms with Gasteiger partial charge in [-0.25, -0.2) is 23.5 Å². The number of aromatic nitrogens is 2. The van der Waals surface area contributed by atoms with Crippen molar-refractivity contribution in [3.63, 3.8) is 0 Å². The van der Waals surface area contributed by atoms with Gasteiger partial charge in [0.25, 0.3) is 0 Å². The number of aliphatic carboxylic acids is 1. The number of benzene rings is 2. The summed E-state index contributed by atoms with van der Waals surface area (Å²) in [5, 5.41) is 12.1. The lowest BCUT2D eigenvalue weighted by molar-refractivity contribution is -0.139. The highest BCUT2D eigenvalue weighted by atomic mass is 19.2. The molecule has 0 spiro atoms. The number of fused-ring (bicyclic) bond motifs is 1. The fourth-order valence-corrected chi connectivity index (χ4v) is 3.92. The fourth-order valence-electron chi connectivity index (χ4n) is 3.92. The van der Waals surface area contributed by atoms with E-state index in [1.165, 1.54) is 13.4 Å². The summed E-state index contributed by atoms with van der Waals surface area (Å²) in [6.07, 6.45) is 1.73. The summed E-state index contributed by atoms with van der Waals surface area (Å²) in [6, 6.07) is 7.75. The molecule has 0 aliphatic heterocycles. The van der Waals surface area contributed by atoms with Crippen molar-refractivity contribution >= 4 is 22.8 Å². The fraction of sp³-hybridized carbons (Fsp3) is 0.269. The van der Waals surface area contributed by atoms with Crippen molar-refractivity contribution in [1.29, 1.82) is 0 Å². The average molecular weight is 513 g/mol. The van der Waals surface area contributed by atoms with E-state index in [0.29, 0.717) is 59.5 Å². The number of furan rings is 1. The Morgan fingerprint density at radius 2 is 1.92 bits per heavy atom. The molecule has 0 unspecified atom stereocenters. The van der Waals surface area contributed by atoms with Crippen LogP contribution in [-0.4, -0.2) is 47.9 Å². The van der Waals surface area contributed by atoms with Crippen LogP contribution in [0.4, 0.5) is 14.6 Å². The smallest absolute Gasteiger partial charge is 0.341 e. The van der Waals surface area contributed by atoms with Crippen LogP contribution in [0.1, 0.15) is 18.2 Å². The molecule has 2 aromatic carbocycles. The Kier molecular flexibility index (Phi) is 7.71. The number of anilines is 1. The Labute approximate surface area is 211 Å². The van der Waals surface area contributed by atoms with Crippen LogP contribution >= 0.6 is 0 Å². The Bertz CT molecular complexity index is 1440. The molecule has 11 heteroatoms. The number of nitrogens with one attached hydrogen (secondary N) is 1. The molecule has 4 rings (SSSR count). The molecule has 0 aliphatic rings. The monoisotopic (exact) mass is 513 g/mol. The van der Waals surface area contributed by atoms with E-state index >= 15 is 0 Å². The summed E-state index contributed by atoms with van der Waals surface area (Å²) in [5.41, 5.74) is 1.99. The van der Waals surface area contributed by atoms with E-state index in [1.807, 2.05) is 6.92 Å². The van der Waals surface area contributed by atoms with Crippen molar-refractivity contribution in [3.8, 4) is 28.5 Å². The van der Waals surface area contributed by atoms with Gasteiger partial charge in [0.15, 0.2) is 41.1 Å². The summed E-state index contributed by atoms with van der Waals surface area (Å²) >= 11 is 0. The quantitative estimate of drug-likeness (QED) is 0.286. The molecule has 37 heavy (non-hydrogen) atoms. The number of halogens is 2. The predicted octanol–water partition coefficient (Wildman–Crippen LogP) is 5.00. The minimum atomic E-state index is -1.09. The molecule has 0 bridgehead atoms. The van der Waals surface area contributed by atoms with Crippen LogP contribution in [0.3, 0.4) is 0 Å². The van der Waals surface area contributed by atoms with Gasteiger partial charge in [-0.1, -0.05) is 0 Å². The average Bonchev–Trinajstić information content (AvgIpc) is 3.22. The first-order valence-electron chi connectivity index (χ1n) is 11.4. The summed E-state index contributed by atoms with van der Waals surface area (Å²) in [7, 11) is 1.37. The van der Waals surface area contributed by atoms with E-state index in [4.69, 9.17) is 23.7 Å². The van der Waals surface area contributed by atoms with Crippen LogP contribution < -0.4 is 19.5 Å². The van der Waals surface area contributed by atoms with Crippen LogP contribution in [0.5, 0.6) is 17.2 Å². The van der Waals surface area contributed by atoms with Crippen molar-refractivity contribution in [2.24, 2.45) is 0 Å². The number of ether oxygens (including phenoxy) is 3. The maximum absolute atomic E-state index is 14.6. The van der Waals surface area contributed by atoms with Crippen LogP contribution in [0.25, 0.3) is 22.2 Å². The molecular formula is C26H25F2N3O6. The number of nitrogens with zero attached hydrogens (tertiary/aromatic N) is 2. The zero-order valence-corrected chi connectivity index (χ0v) is 20.4. The molecule has 0 radical (unpaired) electrons. The van der Waals surface area contributed by atoms with Gasteiger partial charge in [-0.05, 0) is 38.5 Å². The summed E-state index contributed by atoms with van der Waals surface area (Å²) < 4.78 is 50.4. The van der Waals surface area contributed by atoms with E-state index in [1.54, 1.807) is 31.2 Å². The predicted molar refractivity (Wildman–Crippen MR) is 131 cm³/mol. The van der Waals surface area contributed by atoms with Crippen LogP contribution in [0.15, 0.2) is 41.1 Å². The van der Waals surface area contributed by atoms with Gasteiger partial charge in [0.05, 0.1) is 24.8 Å². The summed E-state index contributed by atoms with van der Waals surface area (Å²) in [4.78, 5) is 19.4. The molecule has 2 N–H and O–H groups in total. The minimum absolute atomic E-state index is 0.0631. The molecule has 0 amide bonds. The van der Waals surface area contributed by atoms with Gasteiger partial charge in [-0.15, -0.1) is 0 Å². The molecule has 2 heterocycles. The van der Waals surface area contributed by atoms with Crippen molar-refractivity contribution < 1.29 is 37.3 Å². The topological polar surface area (TPSA) is 116 Å². The van der Waals surface area contributed by atoms with Gasteiger partial charge in [0, 0.05) is 29.8 Å². The number of hydrogen-bond donors (Lipinski definition) is 2. The molecular weight excluding hydrogens is 488 g/mol. The SMILES string of the molecule is CCOc1cc(-c2cc(NCCc3c(C)oc4c(OC)cc(F)c(F)c34)ncn2)ccc1OCC(=O)O. The highest BCUT2D eigenvalue weighted by Crippen LogP contribution is 2.36. The van der Waals surface area contributed by atoms with Gasteiger partial charge < -0.3 is 29.1 Å². The van der Waals surface area contributed by atoms with E-state index in [2.05, 4.69) is 15.3 Å². The Morgan fingerprint density at radius 3 is 2.65 bits per heavy atom. The number of methoxy groups -OCH3 is 1. The van der Waals surface area contributed by atoms with Gasteiger partial charge in [0.1, 0.15) is 17.9 Å². The normalized spacial score (nSPS) is 10.9. The largest absolute Gasteiger partial charge is 0.493 e. The van der Waals surface area contributed by atoms with Crippen LogP contribution in [-0.2, 0) is 11.2 Å². The second kappa shape index (κ2) is 11.1. The zero-order valence-electron chi connectivity index (χ0n) is 20.4. The zero-order chi connectivity index (χ0) is 26.5. The van der Waals surface area contributed by atoms with Crippen molar-refractivity contribution in [2.75, 3.05) is 32.2 Å². The molecule has 0 saturated heterocycles. The summed E-state index contributed by atoms with van der Waals surface area (Å²) in [5.74, 6) is -1.27. The standard InChI is InChI=1S/C26H25F2N3O6/c1-4-35-20-9-15(5-6-19(20)36-12-23(32)33)18-11-22(31-13-30-18)29-8-7-16-14(2)37-26-21(34-3)10-17(27)25(28)24(16)26/h5-6,9-11,13H,4,7-8,12H2,1-3H3,(H,32,33)(H,29,30,31). The van der Waals surface area contributed by atoms with Gasteiger partial charge in [0.2, 0.25) is 0 Å². The number of hydrogen-bond acceptors (Lipinski definition) is 8. The van der Waals surface area contributed by atoms with Crippen LogP contribution in [0, 0.1) is 18.6 Å². The molecule has 2 aromatic heterocycles. The highest BCUT2D eigenvalue weighted by molar-refractivity contribution is 5.88. The number of carbonyl (C=O) groups is 1. The van der Waals surface area contributed by atoms with Crippen molar-refractivity contribution in [2.45, 2.75) is 20.3 Å². The van der Waals surface area contributed by atoms with Gasteiger partial charge in [-0.3, -0.25) is 0 Å². The molecule has 4 aromatic rings. The lowest BCUT2D eigenvalue weighted by atomic mass is 10.1. The maximum atomic E-state index is 14.6. The second-order valence-electron chi connectivity index (χ2n) is 7.96. The lowest BCUT2D eigenvalue weighted by Crippen LogP contribution is -2.10. The Morgan fingerprint density at radius 1 is 1.11 bits per heavy atom. The van der Waals surface area contributed by atoms with Gasteiger partial charge >= 0.3 is 5.97 Å². The first kappa shape index (κ1) is 25.7. The third-order valence-electron chi connectivity index (χ3n) is 5.58. The molecule has 194 valence electrons. The minimum Gasteiger partial charge on any atom is -0.493 e. The molecule has 0 atom stereocenters.